The van der Waals surface area contributed by atoms with E-state index in [1.165, 1.54) is 26.4 Å². The third-order valence-electron chi connectivity index (χ3n) is 4.09. The van der Waals surface area contributed by atoms with E-state index in [-0.39, 0.29) is 41.9 Å². The van der Waals surface area contributed by atoms with Crippen molar-refractivity contribution in [2.24, 2.45) is 0 Å². The lowest BCUT2D eigenvalue weighted by atomic mass is 9.99. The monoisotopic (exact) mass is 400 g/mol. The van der Waals surface area contributed by atoms with Gasteiger partial charge in [0.1, 0.15) is 23.0 Å². The topological polar surface area (TPSA) is 127 Å². The summed E-state index contributed by atoms with van der Waals surface area (Å²) in [4.78, 5) is 48.6. The van der Waals surface area contributed by atoms with Crippen LogP contribution < -0.4 is 9.47 Å². The van der Waals surface area contributed by atoms with Crippen molar-refractivity contribution in [3.63, 3.8) is 0 Å². The van der Waals surface area contributed by atoms with Crippen LogP contribution in [0.3, 0.4) is 0 Å². The van der Waals surface area contributed by atoms with Crippen molar-refractivity contribution in [2.75, 3.05) is 14.2 Å². The Labute approximate surface area is 166 Å². The van der Waals surface area contributed by atoms with Gasteiger partial charge < -0.3 is 19.7 Å². The molecule has 0 spiro atoms. The number of benzene rings is 2. The summed E-state index contributed by atoms with van der Waals surface area (Å²) in [5.41, 5.74) is -0.0535. The summed E-state index contributed by atoms with van der Waals surface area (Å²) in [6, 6.07) is 7.52. The van der Waals surface area contributed by atoms with Gasteiger partial charge in [0.2, 0.25) is 23.1 Å². The fourth-order valence-corrected chi connectivity index (χ4v) is 2.62. The van der Waals surface area contributed by atoms with Gasteiger partial charge in [0, 0.05) is 36.1 Å². The first-order valence-electron chi connectivity index (χ1n) is 8.66. The Morgan fingerprint density at radius 2 is 1.10 bits per heavy atom. The Kier molecular flexibility index (Phi) is 7.08. The quantitative estimate of drug-likeness (QED) is 0.460. The van der Waals surface area contributed by atoms with Crippen LogP contribution in [0.25, 0.3) is 0 Å². The minimum Gasteiger partial charge on any atom is -0.508 e. The maximum atomic E-state index is 12.3. The summed E-state index contributed by atoms with van der Waals surface area (Å²) in [6.45, 7) is 0. The number of ketones is 4. The smallest absolute Gasteiger partial charge is 0.228 e. The summed E-state index contributed by atoms with van der Waals surface area (Å²) in [7, 11) is 2.83. The normalized spacial score (nSPS) is 10.3. The van der Waals surface area contributed by atoms with Crippen molar-refractivity contribution >= 4 is 23.1 Å². The fraction of sp³-hybridized carbons (Fsp3) is 0.238. The molecule has 0 aliphatic carbocycles. The van der Waals surface area contributed by atoms with E-state index in [1.807, 2.05) is 0 Å². The number of phenols is 2. The minimum absolute atomic E-state index is 0.00104. The first-order valence-corrected chi connectivity index (χ1v) is 8.66. The Morgan fingerprint density at radius 3 is 1.52 bits per heavy atom. The Morgan fingerprint density at radius 1 is 0.690 bits per heavy atom. The molecule has 0 heterocycles. The lowest BCUT2D eigenvalue weighted by molar-refractivity contribution is -0.116. The maximum Gasteiger partial charge on any atom is 0.228 e. The molecule has 8 nitrogen and oxygen atoms in total. The van der Waals surface area contributed by atoms with E-state index >= 15 is 0 Å². The van der Waals surface area contributed by atoms with E-state index < -0.39 is 23.1 Å². The zero-order valence-electron chi connectivity index (χ0n) is 15.9. The van der Waals surface area contributed by atoms with Crippen LogP contribution in [0.4, 0.5) is 0 Å². The van der Waals surface area contributed by atoms with Crippen molar-refractivity contribution in [1.29, 1.82) is 0 Å². The molecular formula is C21H20O8. The number of rotatable bonds is 10. The zero-order valence-corrected chi connectivity index (χ0v) is 15.9. The fourth-order valence-electron chi connectivity index (χ4n) is 2.62. The number of carbonyl (C=O) groups is 4. The highest BCUT2D eigenvalue weighted by molar-refractivity contribution is 6.45. The molecule has 2 rings (SSSR count). The van der Waals surface area contributed by atoms with Crippen LogP contribution in [0.1, 0.15) is 40.0 Å². The number of carbonyl (C=O) groups excluding carboxylic acids is 4. The average Bonchev–Trinajstić information content (AvgIpc) is 2.71. The van der Waals surface area contributed by atoms with E-state index in [4.69, 9.17) is 9.47 Å². The highest BCUT2D eigenvalue weighted by Crippen LogP contribution is 2.24. The van der Waals surface area contributed by atoms with Gasteiger partial charge in [-0.2, -0.15) is 0 Å². The molecule has 0 fully saturated rings. The minimum atomic E-state index is -0.896. The van der Waals surface area contributed by atoms with Gasteiger partial charge in [-0.3, -0.25) is 19.2 Å². The number of hydrogen-bond donors (Lipinski definition) is 2. The third kappa shape index (κ3) is 5.65. The molecule has 2 aromatic rings. The molecule has 0 aliphatic rings. The van der Waals surface area contributed by atoms with E-state index in [1.54, 1.807) is 6.07 Å². The van der Waals surface area contributed by atoms with Crippen LogP contribution in [0.15, 0.2) is 36.4 Å². The molecule has 2 aromatic carbocycles. The summed E-state index contributed by atoms with van der Waals surface area (Å²) < 4.78 is 10.1. The highest BCUT2D eigenvalue weighted by atomic mass is 16.5. The predicted molar refractivity (Wildman–Crippen MR) is 102 cm³/mol. The molecule has 0 radical (unpaired) electrons. The van der Waals surface area contributed by atoms with Gasteiger partial charge in [-0.1, -0.05) is 0 Å². The molecule has 152 valence electrons. The summed E-state index contributed by atoms with van der Waals surface area (Å²) in [5, 5.41) is 18.8. The molecule has 0 saturated heterocycles. The summed E-state index contributed by atoms with van der Waals surface area (Å²) in [5.74, 6) is -3.14. The molecule has 0 unspecified atom stereocenters. The van der Waals surface area contributed by atoms with Gasteiger partial charge in [0.25, 0.3) is 0 Å². The van der Waals surface area contributed by atoms with Gasteiger partial charge in [0.05, 0.1) is 14.2 Å². The molecule has 29 heavy (non-hydrogen) atoms. The Hall–Kier alpha value is -3.68. The van der Waals surface area contributed by atoms with Gasteiger partial charge in [-0.15, -0.1) is 0 Å². The third-order valence-corrected chi connectivity index (χ3v) is 4.09. The lowest BCUT2D eigenvalue weighted by Crippen LogP contribution is -2.17. The number of ether oxygens (including phenoxy) is 2. The van der Waals surface area contributed by atoms with Gasteiger partial charge in [-0.05, 0) is 30.7 Å². The second-order valence-electron chi connectivity index (χ2n) is 6.20. The summed E-state index contributed by atoms with van der Waals surface area (Å²) in [6.07, 6.45) is -0.473. The van der Waals surface area contributed by atoms with E-state index in [2.05, 4.69) is 0 Å². The number of phenolic OH excluding ortho intramolecular Hbond substituents is 2. The number of aromatic hydroxyl groups is 2. The molecule has 0 saturated carbocycles. The zero-order chi connectivity index (χ0) is 21.6. The second-order valence-corrected chi connectivity index (χ2v) is 6.20. The molecule has 0 atom stereocenters. The van der Waals surface area contributed by atoms with Crippen molar-refractivity contribution in [3.05, 3.63) is 47.5 Å². The molecule has 2 N–H and O–H groups in total. The Balaban J connectivity index is 1.96. The van der Waals surface area contributed by atoms with Crippen LogP contribution in [0, 0.1) is 0 Å². The van der Waals surface area contributed by atoms with Gasteiger partial charge in [-0.25, -0.2) is 0 Å². The maximum absolute atomic E-state index is 12.3. The number of hydrogen-bond acceptors (Lipinski definition) is 8. The van der Waals surface area contributed by atoms with Crippen molar-refractivity contribution < 1.29 is 38.9 Å². The van der Waals surface area contributed by atoms with Crippen molar-refractivity contribution in [3.8, 4) is 23.0 Å². The first kappa shape index (κ1) is 21.6. The van der Waals surface area contributed by atoms with E-state index in [0.717, 1.165) is 18.2 Å². The molecular weight excluding hydrogens is 380 g/mol. The van der Waals surface area contributed by atoms with Crippen LogP contribution in [-0.2, 0) is 9.59 Å². The van der Waals surface area contributed by atoms with Crippen molar-refractivity contribution in [1.82, 2.24) is 0 Å². The lowest BCUT2D eigenvalue weighted by Gasteiger charge is -2.07. The second kappa shape index (κ2) is 9.50. The van der Waals surface area contributed by atoms with Crippen molar-refractivity contribution in [2.45, 2.75) is 19.3 Å². The van der Waals surface area contributed by atoms with Crippen LogP contribution >= 0.6 is 0 Å². The first-order chi connectivity index (χ1) is 13.7. The average molecular weight is 400 g/mol. The Bertz CT molecular complexity index is 919. The molecule has 0 bridgehead atoms. The highest BCUT2D eigenvalue weighted by Gasteiger charge is 2.21. The van der Waals surface area contributed by atoms with Gasteiger partial charge >= 0.3 is 0 Å². The molecule has 0 aromatic heterocycles. The number of methoxy groups -OCH3 is 2. The standard InChI is InChI=1S/C21H20O8/c1-28-16-8-13(9-17(11-16)29-2)21(27)19(25)5-3-4-18(24)20(26)12-6-14(22)10-15(23)7-12/h6-11,22-23H,3-5H2,1-2H3. The van der Waals surface area contributed by atoms with Crippen LogP contribution in [0.2, 0.25) is 0 Å². The van der Waals surface area contributed by atoms with Crippen LogP contribution in [0.5, 0.6) is 23.0 Å². The van der Waals surface area contributed by atoms with Crippen LogP contribution in [-0.4, -0.2) is 47.6 Å². The SMILES string of the molecule is COc1cc(OC)cc(C(=O)C(=O)CCCC(=O)C(=O)c2cc(O)cc(O)c2)c1. The summed E-state index contributed by atoms with van der Waals surface area (Å²) >= 11 is 0. The van der Waals surface area contributed by atoms with E-state index in [0.29, 0.717) is 11.5 Å². The largest absolute Gasteiger partial charge is 0.508 e. The number of Topliss-reactive ketones (excluding diaryl/α,β-unsaturated/α-hetero) is 4. The molecule has 0 amide bonds. The van der Waals surface area contributed by atoms with Gasteiger partial charge in [0.15, 0.2) is 0 Å². The predicted octanol–water partition coefficient (Wildman–Crippen LogP) is 2.49. The molecule has 8 heteroatoms. The molecule has 0 aliphatic heterocycles. The van der Waals surface area contributed by atoms with E-state index in [9.17, 15) is 29.4 Å².